The molecule has 3 aromatic heterocycles. The second kappa shape index (κ2) is 8.16. The van der Waals surface area contributed by atoms with Gasteiger partial charge >= 0.3 is 0 Å². The van der Waals surface area contributed by atoms with E-state index in [9.17, 15) is 4.39 Å². The van der Waals surface area contributed by atoms with Crippen LogP contribution in [0.15, 0.2) is 24.7 Å². The third-order valence-corrected chi connectivity index (χ3v) is 5.79. The van der Waals surface area contributed by atoms with E-state index >= 15 is 0 Å². The minimum absolute atomic E-state index is 0.0274. The smallest absolute Gasteiger partial charge is 0.250 e. The highest BCUT2D eigenvalue weighted by atomic mass is 19.1. The van der Waals surface area contributed by atoms with Gasteiger partial charge in [-0.25, -0.2) is 14.1 Å². The van der Waals surface area contributed by atoms with E-state index in [2.05, 4.69) is 21.6 Å². The van der Waals surface area contributed by atoms with Gasteiger partial charge in [-0.15, -0.1) is 0 Å². The molecule has 2 aliphatic heterocycles. The van der Waals surface area contributed by atoms with Crippen LogP contribution in [0.1, 0.15) is 17.7 Å². The molecule has 5 rings (SSSR count). The Morgan fingerprint density at radius 2 is 2.20 bits per heavy atom. The molecular weight excluding hydrogens is 387 g/mol. The Morgan fingerprint density at radius 3 is 3.00 bits per heavy atom. The highest BCUT2D eigenvalue weighted by Gasteiger charge is 2.24. The Morgan fingerprint density at radius 1 is 1.30 bits per heavy atom. The van der Waals surface area contributed by atoms with E-state index < -0.39 is 5.82 Å². The van der Waals surface area contributed by atoms with Gasteiger partial charge in [0, 0.05) is 36.4 Å². The number of nitrogens with one attached hydrogen (secondary N) is 1. The maximum absolute atomic E-state index is 14.4. The lowest BCUT2D eigenvalue weighted by molar-refractivity contribution is 0.146. The minimum Gasteiger partial charge on any atom is -0.479 e. The second-order valence-electron chi connectivity index (χ2n) is 7.79. The van der Waals surface area contributed by atoms with E-state index in [0.717, 1.165) is 61.4 Å². The number of pyridine rings is 1. The Labute approximate surface area is 174 Å². The first kappa shape index (κ1) is 19.2. The predicted molar refractivity (Wildman–Crippen MR) is 108 cm³/mol. The first-order valence-corrected chi connectivity index (χ1v) is 10.3. The molecule has 1 fully saturated rings. The van der Waals surface area contributed by atoms with Crippen LogP contribution in [0.4, 0.5) is 4.39 Å². The summed E-state index contributed by atoms with van der Waals surface area (Å²) in [5, 5.41) is 12.8. The maximum Gasteiger partial charge on any atom is 0.250 e. The summed E-state index contributed by atoms with van der Waals surface area (Å²) < 4.78 is 28.8. The summed E-state index contributed by atoms with van der Waals surface area (Å²) in [7, 11) is 1.40. The zero-order chi connectivity index (χ0) is 20.5. The van der Waals surface area contributed by atoms with Crippen LogP contribution >= 0.6 is 0 Å². The Hall–Kier alpha value is -2.78. The Kier molecular flexibility index (Phi) is 5.22. The van der Waals surface area contributed by atoms with Crippen molar-refractivity contribution in [2.75, 3.05) is 33.4 Å². The molecule has 3 aromatic rings. The lowest BCUT2D eigenvalue weighted by atomic mass is 10.0. The topological polar surface area (TPSA) is 79.0 Å². The van der Waals surface area contributed by atoms with Crippen molar-refractivity contribution in [3.05, 3.63) is 41.7 Å². The SMILES string of the molecule is COc1ncc(-n2nc3c(c2-c2cnn(CC4CCNC4)c2)CCOCC3)cc1F. The van der Waals surface area contributed by atoms with Gasteiger partial charge in [0.15, 0.2) is 5.82 Å². The average Bonchev–Trinajstić information content (AvgIpc) is 3.46. The number of rotatable bonds is 5. The number of halogens is 1. The molecule has 1 N–H and O–H groups in total. The second-order valence-corrected chi connectivity index (χ2v) is 7.79. The fourth-order valence-corrected chi connectivity index (χ4v) is 4.29. The van der Waals surface area contributed by atoms with Crippen LogP contribution in [-0.2, 0) is 24.1 Å². The maximum atomic E-state index is 14.4. The number of nitrogens with zero attached hydrogens (tertiary/aromatic N) is 5. The van der Waals surface area contributed by atoms with Gasteiger partial charge in [0.2, 0.25) is 5.88 Å². The van der Waals surface area contributed by atoms with Gasteiger partial charge < -0.3 is 14.8 Å². The van der Waals surface area contributed by atoms with E-state index in [4.69, 9.17) is 14.6 Å². The van der Waals surface area contributed by atoms with E-state index in [-0.39, 0.29) is 5.88 Å². The molecule has 9 heteroatoms. The van der Waals surface area contributed by atoms with Crippen LogP contribution in [0.2, 0.25) is 0 Å². The van der Waals surface area contributed by atoms with Crippen molar-refractivity contribution < 1.29 is 13.9 Å². The number of hydrogen-bond acceptors (Lipinski definition) is 6. The lowest BCUT2D eigenvalue weighted by Gasteiger charge is -2.10. The molecule has 0 aliphatic carbocycles. The van der Waals surface area contributed by atoms with Crippen molar-refractivity contribution in [3.63, 3.8) is 0 Å². The monoisotopic (exact) mass is 412 g/mol. The third kappa shape index (κ3) is 3.59. The molecule has 0 saturated carbocycles. The first-order chi connectivity index (χ1) is 14.7. The molecule has 30 heavy (non-hydrogen) atoms. The van der Waals surface area contributed by atoms with E-state index in [1.165, 1.54) is 13.2 Å². The number of hydrogen-bond donors (Lipinski definition) is 1. The van der Waals surface area contributed by atoms with Gasteiger partial charge in [0.25, 0.3) is 0 Å². The van der Waals surface area contributed by atoms with Crippen LogP contribution in [0.25, 0.3) is 16.9 Å². The van der Waals surface area contributed by atoms with Crippen molar-refractivity contribution >= 4 is 0 Å². The van der Waals surface area contributed by atoms with Gasteiger partial charge in [0.1, 0.15) is 0 Å². The summed E-state index contributed by atoms with van der Waals surface area (Å²) >= 11 is 0. The summed E-state index contributed by atoms with van der Waals surface area (Å²) in [5.74, 6) is 0.0490. The van der Waals surface area contributed by atoms with Gasteiger partial charge in [-0.3, -0.25) is 4.68 Å². The van der Waals surface area contributed by atoms with Crippen molar-refractivity contribution in [2.24, 2.45) is 5.92 Å². The average molecular weight is 412 g/mol. The largest absolute Gasteiger partial charge is 0.479 e. The zero-order valence-corrected chi connectivity index (χ0v) is 17.0. The van der Waals surface area contributed by atoms with Crippen molar-refractivity contribution in [1.29, 1.82) is 0 Å². The highest BCUT2D eigenvalue weighted by Crippen LogP contribution is 2.32. The van der Waals surface area contributed by atoms with E-state index in [1.807, 2.05) is 10.9 Å². The molecule has 5 heterocycles. The molecule has 0 radical (unpaired) electrons. The summed E-state index contributed by atoms with van der Waals surface area (Å²) in [6.07, 6.45) is 8.16. The van der Waals surface area contributed by atoms with Crippen LogP contribution in [0.5, 0.6) is 5.88 Å². The molecule has 0 aromatic carbocycles. The van der Waals surface area contributed by atoms with Gasteiger partial charge in [-0.1, -0.05) is 0 Å². The van der Waals surface area contributed by atoms with Crippen LogP contribution in [0.3, 0.4) is 0 Å². The fourth-order valence-electron chi connectivity index (χ4n) is 4.29. The first-order valence-electron chi connectivity index (χ1n) is 10.3. The van der Waals surface area contributed by atoms with Crippen molar-refractivity contribution in [3.8, 4) is 22.8 Å². The van der Waals surface area contributed by atoms with Crippen molar-refractivity contribution in [2.45, 2.75) is 25.8 Å². The molecule has 0 spiro atoms. The quantitative estimate of drug-likeness (QED) is 0.691. The highest BCUT2D eigenvalue weighted by molar-refractivity contribution is 5.66. The van der Waals surface area contributed by atoms with E-state index in [0.29, 0.717) is 24.8 Å². The summed E-state index contributed by atoms with van der Waals surface area (Å²) in [5.41, 5.74) is 4.56. The van der Waals surface area contributed by atoms with Crippen molar-refractivity contribution in [1.82, 2.24) is 29.9 Å². The number of aromatic nitrogens is 5. The Balaban J connectivity index is 1.57. The van der Waals surface area contributed by atoms with Crippen LogP contribution < -0.4 is 10.1 Å². The molecule has 0 bridgehead atoms. The number of methoxy groups -OCH3 is 1. The van der Waals surface area contributed by atoms with E-state index in [1.54, 1.807) is 10.9 Å². The zero-order valence-electron chi connectivity index (χ0n) is 17.0. The molecule has 1 unspecified atom stereocenters. The standard InChI is InChI=1S/C21H25FN6O2/c1-29-21-18(22)8-16(11-24-21)28-20(17-3-6-30-7-4-19(17)26-28)15-10-25-27(13-15)12-14-2-5-23-9-14/h8,10-11,13-14,23H,2-7,9,12H2,1H3. The lowest BCUT2D eigenvalue weighted by Crippen LogP contribution is -2.14. The molecular formula is C21H25FN6O2. The number of ether oxygens (including phenoxy) is 2. The number of fused-ring (bicyclic) bond motifs is 1. The minimum atomic E-state index is -0.514. The fraction of sp³-hybridized carbons (Fsp3) is 0.476. The molecule has 2 aliphatic rings. The molecule has 158 valence electrons. The molecule has 1 atom stereocenters. The summed E-state index contributed by atoms with van der Waals surface area (Å²) in [6.45, 7) is 4.24. The van der Waals surface area contributed by atoms with Crippen LogP contribution in [-0.4, -0.2) is 58.0 Å². The van der Waals surface area contributed by atoms with Gasteiger partial charge in [-0.2, -0.15) is 10.2 Å². The van der Waals surface area contributed by atoms with Gasteiger partial charge in [-0.05, 0) is 31.8 Å². The predicted octanol–water partition coefficient (Wildman–Crippen LogP) is 2.00. The summed E-state index contributed by atoms with van der Waals surface area (Å²) in [6, 6.07) is 1.41. The summed E-state index contributed by atoms with van der Waals surface area (Å²) in [4.78, 5) is 4.10. The third-order valence-electron chi connectivity index (χ3n) is 5.79. The van der Waals surface area contributed by atoms with Crippen LogP contribution in [0, 0.1) is 11.7 Å². The van der Waals surface area contributed by atoms with Gasteiger partial charge in [0.05, 0.1) is 49.8 Å². The normalized spacial score (nSPS) is 18.9. The molecule has 1 saturated heterocycles. The molecule has 0 amide bonds. The Bertz CT molecular complexity index is 1040. The molecule has 8 nitrogen and oxygen atoms in total.